The molecule has 0 unspecified atom stereocenters. The van der Waals surface area contributed by atoms with Crippen LogP contribution in [0.15, 0.2) is 24.3 Å². The van der Waals surface area contributed by atoms with Gasteiger partial charge in [-0.3, -0.25) is 9.48 Å². The fourth-order valence-corrected chi connectivity index (χ4v) is 1.97. The number of carbonyl (C=O) groups is 1. The van der Waals surface area contributed by atoms with Gasteiger partial charge in [0.05, 0.1) is 17.6 Å². The molecule has 2 N–H and O–H groups in total. The molecule has 0 radical (unpaired) electrons. The molecular weight excluding hydrogens is 230 g/mol. The van der Waals surface area contributed by atoms with Crippen LogP contribution in [0.25, 0.3) is 10.9 Å². The molecule has 0 saturated heterocycles. The third kappa shape index (κ3) is 2.68. The Kier molecular flexibility index (Phi) is 3.94. The number of rotatable bonds is 6. The second-order valence-corrected chi connectivity index (χ2v) is 4.10. The lowest BCUT2D eigenvalue weighted by Gasteiger charge is -2.00. The first kappa shape index (κ1) is 12.6. The molecule has 2 rings (SSSR count). The largest absolute Gasteiger partial charge is 0.481 e. The van der Waals surface area contributed by atoms with Gasteiger partial charge in [-0.05, 0) is 13.0 Å². The minimum absolute atomic E-state index is 0.131. The van der Waals surface area contributed by atoms with E-state index in [2.05, 4.69) is 17.3 Å². The number of benzene rings is 1. The zero-order valence-corrected chi connectivity index (χ0v) is 10.4. The maximum Gasteiger partial charge on any atom is 0.304 e. The van der Waals surface area contributed by atoms with Crippen molar-refractivity contribution in [1.82, 2.24) is 15.1 Å². The molecule has 0 saturated carbocycles. The Morgan fingerprint density at radius 3 is 2.94 bits per heavy atom. The number of carboxylic acids is 1. The van der Waals surface area contributed by atoms with Crippen molar-refractivity contribution in [3.05, 3.63) is 30.0 Å². The van der Waals surface area contributed by atoms with E-state index >= 15 is 0 Å². The quantitative estimate of drug-likeness (QED) is 0.761. The van der Waals surface area contributed by atoms with Crippen LogP contribution in [0, 0.1) is 0 Å². The molecule has 0 bridgehead atoms. The Labute approximate surface area is 105 Å². The fourth-order valence-electron chi connectivity index (χ4n) is 1.97. The van der Waals surface area contributed by atoms with Gasteiger partial charge in [-0.1, -0.05) is 18.2 Å². The van der Waals surface area contributed by atoms with E-state index in [4.69, 9.17) is 5.11 Å². The number of hydrogen-bond acceptors (Lipinski definition) is 3. The molecule has 5 heteroatoms. The van der Waals surface area contributed by atoms with Gasteiger partial charge < -0.3 is 10.4 Å². The summed E-state index contributed by atoms with van der Waals surface area (Å²) in [5.74, 6) is -0.786. The minimum atomic E-state index is -0.786. The number of fused-ring (bicyclic) bond motifs is 1. The van der Waals surface area contributed by atoms with Crippen LogP contribution in [0.4, 0.5) is 0 Å². The third-order valence-electron chi connectivity index (χ3n) is 2.84. The van der Waals surface area contributed by atoms with Crippen molar-refractivity contribution in [1.29, 1.82) is 0 Å². The Morgan fingerprint density at radius 1 is 1.44 bits per heavy atom. The normalized spacial score (nSPS) is 10.9. The molecule has 2 aromatic rings. The van der Waals surface area contributed by atoms with E-state index in [1.807, 2.05) is 28.9 Å². The second-order valence-electron chi connectivity index (χ2n) is 4.10. The number of aliphatic carboxylic acids is 1. The van der Waals surface area contributed by atoms with Crippen LogP contribution in [0.3, 0.4) is 0 Å². The zero-order chi connectivity index (χ0) is 13.0. The van der Waals surface area contributed by atoms with E-state index in [9.17, 15) is 4.79 Å². The summed E-state index contributed by atoms with van der Waals surface area (Å²) in [4.78, 5) is 10.4. The van der Waals surface area contributed by atoms with Gasteiger partial charge in [-0.25, -0.2) is 0 Å². The average Bonchev–Trinajstić information content (AvgIpc) is 2.73. The predicted octanol–water partition coefficient (Wildman–Crippen LogP) is 1.62. The van der Waals surface area contributed by atoms with E-state index in [1.54, 1.807) is 0 Å². The number of nitrogens with zero attached hydrogens (tertiary/aromatic N) is 2. The fraction of sp³-hybridized carbons (Fsp3) is 0.385. The lowest BCUT2D eigenvalue weighted by atomic mass is 10.2. The summed E-state index contributed by atoms with van der Waals surface area (Å²) in [6.45, 7) is 3.94. The Hall–Kier alpha value is -1.88. The topological polar surface area (TPSA) is 67.2 Å². The number of hydrogen-bond donors (Lipinski definition) is 2. The molecule has 0 aliphatic carbocycles. The number of nitrogens with one attached hydrogen (secondary N) is 1. The first-order valence-electron chi connectivity index (χ1n) is 6.09. The van der Waals surface area contributed by atoms with Gasteiger partial charge in [0.1, 0.15) is 0 Å². The number of para-hydroxylation sites is 1. The maximum absolute atomic E-state index is 10.4. The van der Waals surface area contributed by atoms with Crippen molar-refractivity contribution in [2.45, 2.75) is 26.4 Å². The summed E-state index contributed by atoms with van der Waals surface area (Å²) in [6.07, 6.45) is 0.131. The Balaban J connectivity index is 2.10. The van der Waals surface area contributed by atoms with E-state index in [0.717, 1.165) is 23.1 Å². The zero-order valence-electron chi connectivity index (χ0n) is 10.4. The molecule has 0 amide bonds. The van der Waals surface area contributed by atoms with Gasteiger partial charge in [0, 0.05) is 25.0 Å². The van der Waals surface area contributed by atoms with Crippen molar-refractivity contribution >= 4 is 16.9 Å². The molecule has 0 aliphatic heterocycles. The lowest BCUT2D eigenvalue weighted by molar-refractivity contribution is -0.136. The van der Waals surface area contributed by atoms with Gasteiger partial charge in [-0.15, -0.1) is 0 Å². The van der Waals surface area contributed by atoms with Crippen molar-refractivity contribution < 1.29 is 9.90 Å². The number of aryl methyl sites for hydroxylation is 1. The van der Waals surface area contributed by atoms with E-state index < -0.39 is 5.97 Å². The molecule has 5 nitrogen and oxygen atoms in total. The van der Waals surface area contributed by atoms with Crippen molar-refractivity contribution in [3.63, 3.8) is 0 Å². The lowest BCUT2D eigenvalue weighted by Crippen LogP contribution is -2.18. The molecule has 18 heavy (non-hydrogen) atoms. The van der Waals surface area contributed by atoms with Crippen LogP contribution in [0.1, 0.15) is 19.0 Å². The van der Waals surface area contributed by atoms with Crippen LogP contribution in [0.5, 0.6) is 0 Å². The smallest absolute Gasteiger partial charge is 0.304 e. The van der Waals surface area contributed by atoms with Gasteiger partial charge in [0.2, 0.25) is 0 Å². The van der Waals surface area contributed by atoms with Crippen LogP contribution in [-0.4, -0.2) is 27.4 Å². The summed E-state index contributed by atoms with van der Waals surface area (Å²) in [7, 11) is 0. The molecule has 0 spiro atoms. The van der Waals surface area contributed by atoms with Crippen molar-refractivity contribution in [3.8, 4) is 0 Å². The molecule has 96 valence electrons. The maximum atomic E-state index is 10.4. The molecule has 0 aliphatic rings. The predicted molar refractivity (Wildman–Crippen MR) is 69.4 cm³/mol. The van der Waals surface area contributed by atoms with Crippen LogP contribution >= 0.6 is 0 Å². The Bertz CT molecular complexity index is 548. The molecule has 1 aromatic heterocycles. The number of carboxylic acid groups (broad SMARTS) is 1. The summed E-state index contributed by atoms with van der Waals surface area (Å²) in [5, 5.41) is 17.3. The minimum Gasteiger partial charge on any atom is -0.481 e. The highest BCUT2D eigenvalue weighted by molar-refractivity contribution is 5.81. The molecule has 1 heterocycles. The standard InChI is InChI=1S/C13H17N3O2/c1-2-16-12-6-4-3-5-10(12)11(15-16)9-14-8-7-13(17)18/h3-6,14H,2,7-9H2,1H3,(H,17,18). The first-order valence-corrected chi connectivity index (χ1v) is 6.09. The SMILES string of the molecule is CCn1nc(CNCCC(=O)O)c2ccccc21. The van der Waals surface area contributed by atoms with E-state index in [0.29, 0.717) is 13.1 Å². The van der Waals surface area contributed by atoms with Gasteiger partial charge in [-0.2, -0.15) is 5.10 Å². The highest BCUT2D eigenvalue weighted by Gasteiger charge is 2.08. The van der Waals surface area contributed by atoms with Crippen LogP contribution in [-0.2, 0) is 17.9 Å². The summed E-state index contributed by atoms with van der Waals surface area (Å²) in [6, 6.07) is 8.08. The molecule has 0 fully saturated rings. The van der Waals surface area contributed by atoms with Gasteiger partial charge >= 0.3 is 5.97 Å². The van der Waals surface area contributed by atoms with Crippen molar-refractivity contribution in [2.24, 2.45) is 0 Å². The first-order chi connectivity index (χ1) is 8.72. The van der Waals surface area contributed by atoms with Gasteiger partial charge in [0.25, 0.3) is 0 Å². The summed E-state index contributed by atoms with van der Waals surface area (Å²) in [5.41, 5.74) is 2.09. The van der Waals surface area contributed by atoms with Crippen LogP contribution < -0.4 is 5.32 Å². The van der Waals surface area contributed by atoms with Gasteiger partial charge in [0.15, 0.2) is 0 Å². The summed E-state index contributed by atoms with van der Waals surface area (Å²) >= 11 is 0. The average molecular weight is 247 g/mol. The molecule has 0 atom stereocenters. The highest BCUT2D eigenvalue weighted by Crippen LogP contribution is 2.18. The highest BCUT2D eigenvalue weighted by atomic mass is 16.4. The van der Waals surface area contributed by atoms with E-state index in [-0.39, 0.29) is 6.42 Å². The van der Waals surface area contributed by atoms with E-state index in [1.165, 1.54) is 0 Å². The van der Waals surface area contributed by atoms with Crippen LogP contribution in [0.2, 0.25) is 0 Å². The molecule has 1 aromatic carbocycles. The molecular formula is C13H17N3O2. The Morgan fingerprint density at radius 2 is 2.22 bits per heavy atom. The second kappa shape index (κ2) is 5.64. The third-order valence-corrected chi connectivity index (χ3v) is 2.84. The number of aromatic nitrogens is 2. The monoisotopic (exact) mass is 247 g/mol. The summed E-state index contributed by atoms with van der Waals surface area (Å²) < 4.78 is 1.96. The van der Waals surface area contributed by atoms with Crippen molar-refractivity contribution in [2.75, 3.05) is 6.54 Å².